The zero-order chi connectivity index (χ0) is 18.2. The maximum atomic E-state index is 11.7. The molecule has 1 aliphatic rings. The number of rotatable bonds is 6. The van der Waals surface area contributed by atoms with Crippen LogP contribution in [0, 0.1) is 6.92 Å². The lowest BCUT2D eigenvalue weighted by Crippen LogP contribution is -2.19. The van der Waals surface area contributed by atoms with Gasteiger partial charge < -0.3 is 9.47 Å². The number of hydrogen-bond acceptors (Lipinski definition) is 7. The van der Waals surface area contributed by atoms with Crippen molar-refractivity contribution in [2.45, 2.75) is 20.3 Å². The zero-order valence-electron chi connectivity index (χ0n) is 14.2. The molecule has 2 rings (SSSR count). The number of thioether (sulfide) groups is 1. The van der Waals surface area contributed by atoms with Crippen molar-refractivity contribution in [3.05, 3.63) is 40.3 Å². The predicted octanol–water partition coefficient (Wildman–Crippen LogP) is 2.39. The number of nitrogens with zero attached hydrogens (tertiary/aromatic N) is 2. The van der Waals surface area contributed by atoms with Crippen LogP contribution in [0.3, 0.4) is 0 Å². The molecule has 1 amide bonds. The number of nitrogens with one attached hydrogen (secondary N) is 1. The molecule has 0 aromatic heterocycles. The fourth-order valence-electron chi connectivity index (χ4n) is 1.89. The Morgan fingerprint density at radius 3 is 2.88 bits per heavy atom. The molecule has 0 bridgehead atoms. The zero-order valence-corrected chi connectivity index (χ0v) is 15.1. The first-order valence-electron chi connectivity index (χ1n) is 7.66. The summed E-state index contributed by atoms with van der Waals surface area (Å²) in [6.07, 6.45) is 3.67. The fraction of sp³-hybridized carbons (Fsp3) is 0.294. The van der Waals surface area contributed by atoms with Gasteiger partial charge in [0.25, 0.3) is 5.91 Å². The predicted molar refractivity (Wildman–Crippen MR) is 97.8 cm³/mol. The number of amidine groups is 1. The molecule has 1 saturated heterocycles. The maximum Gasteiger partial charge on any atom is 0.331 e. The summed E-state index contributed by atoms with van der Waals surface area (Å²) in [6.45, 7) is 4.69. The monoisotopic (exact) mass is 361 g/mol. The van der Waals surface area contributed by atoms with Crippen LogP contribution in [0.5, 0.6) is 5.75 Å². The van der Waals surface area contributed by atoms with E-state index in [9.17, 15) is 9.59 Å². The maximum absolute atomic E-state index is 11.7. The van der Waals surface area contributed by atoms with E-state index in [1.807, 2.05) is 25.1 Å². The molecule has 0 spiro atoms. The third-order valence-electron chi connectivity index (χ3n) is 3.16. The summed E-state index contributed by atoms with van der Waals surface area (Å²) < 4.78 is 10.1. The minimum atomic E-state index is -0.594. The van der Waals surface area contributed by atoms with Gasteiger partial charge in [0.15, 0.2) is 5.17 Å². The van der Waals surface area contributed by atoms with Gasteiger partial charge in [0.1, 0.15) is 5.75 Å². The van der Waals surface area contributed by atoms with E-state index >= 15 is 0 Å². The van der Waals surface area contributed by atoms with Gasteiger partial charge in [0.05, 0.1) is 24.8 Å². The summed E-state index contributed by atoms with van der Waals surface area (Å²) in [7, 11) is 1.25. The summed E-state index contributed by atoms with van der Waals surface area (Å²) in [6, 6.07) is 5.71. The molecule has 0 unspecified atom stereocenters. The van der Waals surface area contributed by atoms with E-state index in [4.69, 9.17) is 4.74 Å². The Morgan fingerprint density at radius 1 is 1.40 bits per heavy atom. The van der Waals surface area contributed by atoms with Crippen LogP contribution in [0.15, 0.2) is 39.4 Å². The minimum absolute atomic E-state index is 0.217. The summed E-state index contributed by atoms with van der Waals surface area (Å²) >= 11 is 1.03. The second-order valence-corrected chi connectivity index (χ2v) is 6.14. The van der Waals surface area contributed by atoms with Crippen LogP contribution in [0.4, 0.5) is 0 Å². The van der Waals surface area contributed by atoms with Crippen molar-refractivity contribution in [2.75, 3.05) is 13.7 Å². The Bertz CT molecular complexity index is 756. The largest absolute Gasteiger partial charge is 0.494 e. The number of carbonyl (C=O) groups is 2. The van der Waals surface area contributed by atoms with E-state index in [0.29, 0.717) is 11.8 Å². The molecule has 1 fully saturated rings. The number of esters is 1. The smallest absolute Gasteiger partial charge is 0.331 e. The average Bonchev–Trinajstić information content (AvgIpc) is 2.94. The summed E-state index contributed by atoms with van der Waals surface area (Å²) in [5.74, 6) is -0.180. The third-order valence-corrected chi connectivity index (χ3v) is 4.06. The van der Waals surface area contributed by atoms with E-state index < -0.39 is 11.9 Å². The Balaban J connectivity index is 2.03. The van der Waals surface area contributed by atoms with Crippen LogP contribution < -0.4 is 10.1 Å². The number of benzene rings is 1. The van der Waals surface area contributed by atoms with Crippen molar-refractivity contribution >= 4 is 35.0 Å². The van der Waals surface area contributed by atoms with E-state index in [-0.39, 0.29) is 4.91 Å². The van der Waals surface area contributed by atoms with E-state index in [0.717, 1.165) is 41.1 Å². The molecule has 0 aliphatic carbocycles. The van der Waals surface area contributed by atoms with Crippen LogP contribution in [-0.4, -0.2) is 37.0 Å². The quantitative estimate of drug-likeness (QED) is 0.364. The van der Waals surface area contributed by atoms with Gasteiger partial charge in [-0.05, 0) is 54.4 Å². The van der Waals surface area contributed by atoms with Gasteiger partial charge in [-0.1, -0.05) is 6.92 Å². The molecular weight excluding hydrogens is 342 g/mol. The summed E-state index contributed by atoms with van der Waals surface area (Å²) in [4.78, 5) is 23.1. The van der Waals surface area contributed by atoms with Crippen LogP contribution in [0.1, 0.15) is 24.5 Å². The van der Waals surface area contributed by atoms with Crippen LogP contribution in [-0.2, 0) is 14.3 Å². The first-order valence-corrected chi connectivity index (χ1v) is 8.48. The average molecular weight is 361 g/mol. The summed E-state index contributed by atoms with van der Waals surface area (Å²) in [5, 5.41) is 10.8. The van der Waals surface area contributed by atoms with Crippen molar-refractivity contribution in [3.8, 4) is 5.75 Å². The van der Waals surface area contributed by atoms with Crippen LogP contribution >= 0.6 is 11.8 Å². The Kier molecular flexibility index (Phi) is 6.76. The van der Waals surface area contributed by atoms with Crippen molar-refractivity contribution in [1.29, 1.82) is 0 Å². The normalized spacial score (nSPS) is 17.3. The van der Waals surface area contributed by atoms with Gasteiger partial charge in [-0.25, -0.2) is 4.79 Å². The standard InChI is InChI=1S/C17H19N3O4S/c1-4-7-24-13-6-5-12(11(2)8-13)10-18-20-17-19-16(22)14(25-17)9-15(21)23-3/h5-6,8-10H,4,7H2,1-3H3,(H,19,20,22)/b14-9+,18-10?. The molecule has 0 saturated carbocycles. The van der Waals surface area contributed by atoms with E-state index in [2.05, 4.69) is 27.2 Å². The van der Waals surface area contributed by atoms with Crippen LogP contribution in [0.25, 0.3) is 0 Å². The molecule has 1 aromatic carbocycles. The Morgan fingerprint density at radius 2 is 2.20 bits per heavy atom. The molecule has 7 nitrogen and oxygen atoms in total. The number of ether oxygens (including phenoxy) is 2. The second kappa shape index (κ2) is 9.03. The highest BCUT2D eigenvalue weighted by atomic mass is 32.2. The minimum Gasteiger partial charge on any atom is -0.494 e. The lowest BCUT2D eigenvalue weighted by atomic mass is 10.1. The van der Waals surface area contributed by atoms with Gasteiger partial charge in [0.2, 0.25) is 0 Å². The highest BCUT2D eigenvalue weighted by molar-refractivity contribution is 8.18. The molecule has 1 aromatic rings. The van der Waals surface area contributed by atoms with Crippen molar-refractivity contribution in [3.63, 3.8) is 0 Å². The molecule has 1 heterocycles. The molecular formula is C17H19N3O4S. The second-order valence-electron chi connectivity index (χ2n) is 5.10. The molecule has 0 radical (unpaired) electrons. The highest BCUT2D eigenvalue weighted by Gasteiger charge is 2.24. The van der Waals surface area contributed by atoms with E-state index in [1.165, 1.54) is 7.11 Å². The Labute approximate surface area is 150 Å². The lowest BCUT2D eigenvalue weighted by Gasteiger charge is -2.06. The van der Waals surface area contributed by atoms with Gasteiger partial charge in [0, 0.05) is 6.08 Å². The van der Waals surface area contributed by atoms with Crippen molar-refractivity contribution < 1.29 is 19.1 Å². The number of aryl methyl sites for hydroxylation is 1. The molecule has 25 heavy (non-hydrogen) atoms. The van der Waals surface area contributed by atoms with Gasteiger partial charge in [-0.15, -0.1) is 5.10 Å². The van der Waals surface area contributed by atoms with Crippen LogP contribution in [0.2, 0.25) is 0 Å². The SMILES string of the molecule is CCCOc1ccc(C=N/N=C2/NC(=O)/C(=C\C(=O)OC)S2)c(C)c1. The van der Waals surface area contributed by atoms with Crippen molar-refractivity contribution in [1.82, 2.24) is 5.32 Å². The number of hydrogen-bond donors (Lipinski definition) is 1. The third kappa shape index (κ3) is 5.46. The first kappa shape index (κ1) is 18.7. The number of carbonyl (C=O) groups excluding carboxylic acids is 2. The van der Waals surface area contributed by atoms with Gasteiger partial charge in [-0.3, -0.25) is 10.1 Å². The number of amides is 1. The first-order chi connectivity index (χ1) is 12.0. The van der Waals surface area contributed by atoms with Gasteiger partial charge >= 0.3 is 5.97 Å². The van der Waals surface area contributed by atoms with E-state index in [1.54, 1.807) is 6.21 Å². The van der Waals surface area contributed by atoms with Crippen molar-refractivity contribution in [2.24, 2.45) is 10.2 Å². The van der Waals surface area contributed by atoms with Gasteiger partial charge in [-0.2, -0.15) is 5.10 Å². The highest BCUT2D eigenvalue weighted by Crippen LogP contribution is 2.23. The number of methoxy groups -OCH3 is 1. The molecule has 8 heteroatoms. The lowest BCUT2D eigenvalue weighted by molar-refractivity contribution is -0.135. The summed E-state index contributed by atoms with van der Waals surface area (Å²) in [5.41, 5.74) is 1.90. The Hall–Kier alpha value is -2.61. The topological polar surface area (TPSA) is 89.4 Å². The molecule has 1 aliphatic heterocycles. The molecule has 0 atom stereocenters. The molecule has 1 N–H and O–H groups in total. The fourth-order valence-corrected chi connectivity index (χ4v) is 2.63. The molecule has 132 valence electrons.